The van der Waals surface area contributed by atoms with Gasteiger partial charge in [0, 0.05) is 31.3 Å². The molecule has 1 spiro atoms. The fourth-order valence-electron chi connectivity index (χ4n) is 5.66. The molecule has 2 aromatic carbocycles. The Morgan fingerprint density at radius 1 is 1.12 bits per heavy atom. The highest BCUT2D eigenvalue weighted by molar-refractivity contribution is 7.16. The summed E-state index contributed by atoms with van der Waals surface area (Å²) in [4.78, 5) is 25.7. The van der Waals surface area contributed by atoms with Crippen LogP contribution in [0.3, 0.4) is 0 Å². The van der Waals surface area contributed by atoms with Gasteiger partial charge in [-0.15, -0.1) is 11.3 Å². The normalized spacial score (nSPS) is 19.5. The molecular weight excluding hydrogens is 557 g/mol. The van der Waals surface area contributed by atoms with Gasteiger partial charge in [0.25, 0.3) is 0 Å². The van der Waals surface area contributed by atoms with E-state index in [0.29, 0.717) is 31.9 Å². The second-order valence-electron chi connectivity index (χ2n) is 10.6. The number of nitrogens with one attached hydrogen (secondary N) is 1. The van der Waals surface area contributed by atoms with E-state index in [0.717, 1.165) is 34.2 Å². The summed E-state index contributed by atoms with van der Waals surface area (Å²) in [6, 6.07) is 12.6. The Labute approximate surface area is 237 Å². The summed E-state index contributed by atoms with van der Waals surface area (Å²) in [5.41, 5.74) is 9.96. The molecule has 0 bridgehead atoms. The van der Waals surface area contributed by atoms with Crippen LogP contribution in [0.15, 0.2) is 54.0 Å². The summed E-state index contributed by atoms with van der Waals surface area (Å²) in [5.74, 6) is -0.955. The number of alkyl halides is 3. The quantitative estimate of drug-likeness (QED) is 0.285. The number of thiazole rings is 1. The predicted molar refractivity (Wildman–Crippen MR) is 149 cm³/mol. The predicted octanol–water partition coefficient (Wildman–Crippen LogP) is 5.05. The van der Waals surface area contributed by atoms with Gasteiger partial charge in [0.05, 0.1) is 15.7 Å². The lowest BCUT2D eigenvalue weighted by atomic mass is 9.76. The van der Waals surface area contributed by atoms with Crippen molar-refractivity contribution in [2.24, 2.45) is 5.41 Å². The lowest BCUT2D eigenvalue weighted by Gasteiger charge is -2.39. The van der Waals surface area contributed by atoms with Gasteiger partial charge in [0.15, 0.2) is 0 Å². The Morgan fingerprint density at radius 3 is 2.54 bits per heavy atom. The topological polar surface area (TPSA) is 126 Å². The van der Waals surface area contributed by atoms with Crippen LogP contribution in [-0.4, -0.2) is 57.9 Å². The van der Waals surface area contributed by atoms with Crippen LogP contribution >= 0.6 is 11.3 Å². The lowest BCUT2D eigenvalue weighted by Crippen LogP contribution is -2.41. The molecule has 0 amide bonds. The van der Waals surface area contributed by atoms with Crippen molar-refractivity contribution >= 4 is 39.3 Å². The van der Waals surface area contributed by atoms with E-state index in [2.05, 4.69) is 20.3 Å². The molecule has 0 saturated carbocycles. The Bertz CT molecular complexity index is 1570. The number of aromatic nitrogens is 3. The molecule has 13 heteroatoms. The van der Waals surface area contributed by atoms with Crippen molar-refractivity contribution in [3.63, 3.8) is 0 Å². The van der Waals surface area contributed by atoms with Gasteiger partial charge < -0.3 is 25.8 Å². The third kappa shape index (κ3) is 5.64. The smallest absolute Gasteiger partial charge is 0.429 e. The number of hydrogen-bond acceptors (Lipinski definition) is 9. The van der Waals surface area contributed by atoms with Gasteiger partial charge in [-0.2, -0.15) is 23.1 Å². The van der Waals surface area contributed by atoms with Crippen LogP contribution < -0.4 is 20.7 Å². The molecule has 2 aliphatic heterocycles. The molecule has 0 radical (unpaired) electrons. The number of aliphatic carboxylic acids is 1. The van der Waals surface area contributed by atoms with E-state index in [4.69, 9.17) is 10.5 Å². The summed E-state index contributed by atoms with van der Waals surface area (Å²) in [5, 5.41) is 12.4. The molecule has 214 valence electrons. The first-order valence-electron chi connectivity index (χ1n) is 13.1. The molecule has 2 fully saturated rings. The number of nitrogen functional groups attached to an aromatic ring is 1. The molecular formula is C28H27F3N6O3S. The summed E-state index contributed by atoms with van der Waals surface area (Å²) in [6.07, 6.45) is -4.99. The van der Waals surface area contributed by atoms with E-state index in [9.17, 15) is 23.1 Å². The lowest BCUT2D eigenvalue weighted by molar-refractivity contribution is -0.198. The van der Waals surface area contributed by atoms with E-state index in [-0.39, 0.29) is 22.8 Å². The van der Waals surface area contributed by atoms with Crippen molar-refractivity contribution in [3.8, 4) is 17.0 Å². The van der Waals surface area contributed by atoms with Gasteiger partial charge in [0.1, 0.15) is 11.9 Å². The highest BCUT2D eigenvalue weighted by atomic mass is 32.1. The second-order valence-corrected chi connectivity index (χ2v) is 11.5. The highest BCUT2D eigenvalue weighted by Crippen LogP contribution is 2.41. The molecule has 4 heterocycles. The average Bonchev–Trinajstić information content (AvgIpc) is 3.58. The van der Waals surface area contributed by atoms with Crippen LogP contribution in [0.4, 0.5) is 24.9 Å². The number of carboxylic acids is 1. The van der Waals surface area contributed by atoms with Crippen molar-refractivity contribution in [2.75, 3.05) is 30.3 Å². The first kappa shape index (κ1) is 27.2. The first-order valence-corrected chi connectivity index (χ1v) is 14.0. The number of benzene rings is 2. The van der Waals surface area contributed by atoms with E-state index >= 15 is 0 Å². The molecule has 4 N–H and O–H groups in total. The number of halogens is 3. The Balaban J connectivity index is 1.19. The Hall–Kier alpha value is -3.97. The van der Waals surface area contributed by atoms with Gasteiger partial charge in [-0.1, -0.05) is 30.3 Å². The number of nitrogens with zero attached hydrogens (tertiary/aromatic N) is 4. The van der Waals surface area contributed by atoms with Crippen LogP contribution in [0.5, 0.6) is 5.88 Å². The summed E-state index contributed by atoms with van der Waals surface area (Å²) in [7, 11) is 0. The fourth-order valence-corrected chi connectivity index (χ4v) is 6.38. The number of fused-ring (bicyclic) bond motifs is 1. The third-order valence-electron chi connectivity index (χ3n) is 7.93. The zero-order chi connectivity index (χ0) is 28.8. The molecule has 0 aliphatic carbocycles. The summed E-state index contributed by atoms with van der Waals surface area (Å²) >= 11 is 1.50. The monoisotopic (exact) mass is 584 g/mol. The van der Waals surface area contributed by atoms with Crippen LogP contribution in [0.2, 0.25) is 0 Å². The molecule has 9 nitrogen and oxygen atoms in total. The van der Waals surface area contributed by atoms with Crippen LogP contribution in [0.25, 0.3) is 21.3 Å². The number of ether oxygens (including phenoxy) is 1. The number of carboxylic acid groups (broad SMARTS) is 1. The first-order chi connectivity index (χ1) is 19.6. The Kier molecular flexibility index (Phi) is 6.94. The van der Waals surface area contributed by atoms with Crippen molar-refractivity contribution < 1.29 is 27.8 Å². The van der Waals surface area contributed by atoms with E-state index < -0.39 is 24.3 Å². The fraction of sp³-hybridized carbons (Fsp3) is 0.357. The molecule has 4 aromatic rings. The number of nitrogens with two attached hydrogens (primary N) is 1. The van der Waals surface area contributed by atoms with Crippen molar-refractivity contribution in [1.29, 1.82) is 0 Å². The maximum Gasteiger partial charge on any atom is 0.429 e. The minimum Gasteiger partial charge on any atom is -0.480 e. The molecule has 1 unspecified atom stereocenters. The molecule has 41 heavy (non-hydrogen) atoms. The van der Waals surface area contributed by atoms with Crippen LogP contribution in [0.1, 0.15) is 30.9 Å². The molecule has 6 rings (SSSR count). The minimum atomic E-state index is -4.71. The second kappa shape index (κ2) is 10.5. The maximum atomic E-state index is 14.2. The maximum absolute atomic E-state index is 14.2. The van der Waals surface area contributed by atoms with Gasteiger partial charge in [-0.05, 0) is 47.9 Å². The van der Waals surface area contributed by atoms with E-state index in [1.54, 1.807) is 17.6 Å². The molecule has 2 aliphatic rings. The van der Waals surface area contributed by atoms with Gasteiger partial charge >= 0.3 is 12.1 Å². The van der Waals surface area contributed by atoms with Gasteiger partial charge in [0.2, 0.25) is 17.9 Å². The summed E-state index contributed by atoms with van der Waals surface area (Å²) in [6.45, 7) is 1.73. The highest BCUT2D eigenvalue weighted by Gasteiger charge is 2.45. The SMILES string of the molecule is Nc1nc(O[C@H](c2ccc(-c3ccc4ncsc4c3)cc2)C(F)(F)F)cc(N2CCC3(CC2)CNC(C(=O)O)C3)n1. The van der Waals surface area contributed by atoms with Crippen molar-refractivity contribution in [1.82, 2.24) is 20.3 Å². The van der Waals surface area contributed by atoms with E-state index in [1.165, 1.54) is 29.5 Å². The van der Waals surface area contributed by atoms with Crippen molar-refractivity contribution in [3.05, 3.63) is 59.6 Å². The third-order valence-corrected chi connectivity index (χ3v) is 8.72. The average molecular weight is 585 g/mol. The number of piperidine rings is 1. The number of rotatable bonds is 6. The Morgan fingerprint density at radius 2 is 1.85 bits per heavy atom. The number of hydrogen-bond donors (Lipinski definition) is 3. The number of anilines is 2. The van der Waals surface area contributed by atoms with Gasteiger partial charge in [-0.3, -0.25) is 4.79 Å². The van der Waals surface area contributed by atoms with Crippen LogP contribution in [-0.2, 0) is 4.79 Å². The minimum absolute atomic E-state index is 0.0690. The summed E-state index contributed by atoms with van der Waals surface area (Å²) < 4.78 is 49.0. The standard InChI is InChI=1S/C28H27F3N6O3S/c29-28(30,31)24(17-3-1-16(2-4-17)18-5-6-19-21(11-18)41-15-34-19)40-23-12-22(35-26(32)36-23)37-9-7-27(8-10-37)13-20(25(38)39)33-14-27/h1-6,11-12,15,20,24,33H,7-10,13-14H2,(H,38,39)(H2,32,35,36)/t20?,24-/m1/s1. The largest absolute Gasteiger partial charge is 0.480 e. The van der Waals surface area contributed by atoms with E-state index in [1.807, 2.05) is 23.1 Å². The number of carbonyl (C=O) groups is 1. The zero-order valence-corrected chi connectivity index (χ0v) is 22.6. The molecule has 2 atom stereocenters. The molecule has 2 saturated heterocycles. The van der Waals surface area contributed by atoms with Crippen molar-refractivity contribution in [2.45, 2.75) is 37.6 Å². The van der Waals surface area contributed by atoms with Crippen LogP contribution in [0, 0.1) is 5.41 Å². The molecule has 2 aromatic heterocycles. The van der Waals surface area contributed by atoms with Gasteiger partial charge in [-0.25, -0.2) is 4.98 Å². The zero-order valence-electron chi connectivity index (χ0n) is 21.8.